The molecule has 3 rings (SSSR count). The molecule has 146 valence electrons. The van der Waals surface area contributed by atoms with E-state index in [1.54, 1.807) is 13.1 Å². The maximum Gasteiger partial charge on any atom is 0.137 e. The largest absolute Gasteiger partial charge is 0.400 e. The second-order valence-corrected chi connectivity index (χ2v) is 7.98. The van der Waals surface area contributed by atoms with E-state index >= 15 is 0 Å². The highest BCUT2D eigenvalue weighted by molar-refractivity contribution is 9.10. The highest BCUT2D eigenvalue weighted by Crippen LogP contribution is 2.26. The summed E-state index contributed by atoms with van der Waals surface area (Å²) in [4.78, 5) is 6.62. The average Bonchev–Trinajstić information content (AvgIpc) is 2.66. The van der Waals surface area contributed by atoms with Gasteiger partial charge >= 0.3 is 0 Å². The molecular formula is C19H31BrN4O2. The van der Waals surface area contributed by atoms with Gasteiger partial charge in [-0.1, -0.05) is 19.3 Å². The maximum absolute atomic E-state index is 10.6. The van der Waals surface area contributed by atoms with E-state index in [1.807, 2.05) is 6.07 Å². The molecule has 0 bridgehead atoms. The summed E-state index contributed by atoms with van der Waals surface area (Å²) in [6.45, 7) is 3.20. The second-order valence-electron chi connectivity index (χ2n) is 7.06. The Morgan fingerprint density at radius 2 is 1.96 bits per heavy atom. The number of nitrogens with one attached hydrogen (secondary N) is 2. The predicted octanol–water partition coefficient (Wildman–Crippen LogP) is 2.70. The number of aromatic nitrogens is 1. The van der Waals surface area contributed by atoms with Crippen LogP contribution in [0.25, 0.3) is 0 Å². The lowest BCUT2D eigenvalue weighted by molar-refractivity contribution is 0.103. The Morgan fingerprint density at radius 3 is 2.58 bits per heavy atom. The van der Waals surface area contributed by atoms with Crippen LogP contribution in [0.1, 0.15) is 51.0 Å². The van der Waals surface area contributed by atoms with Crippen LogP contribution in [0.15, 0.2) is 16.7 Å². The highest BCUT2D eigenvalue weighted by Gasteiger charge is 2.31. The van der Waals surface area contributed by atoms with Crippen molar-refractivity contribution in [3.63, 3.8) is 0 Å². The highest BCUT2D eigenvalue weighted by atomic mass is 79.9. The quantitative estimate of drug-likeness (QED) is 0.555. The number of hydrogen-bond acceptors (Lipinski definition) is 6. The molecule has 2 heterocycles. The Kier molecular flexibility index (Phi) is 8.47. The van der Waals surface area contributed by atoms with Gasteiger partial charge in [0.05, 0.1) is 6.10 Å². The molecule has 1 saturated carbocycles. The van der Waals surface area contributed by atoms with E-state index in [1.165, 1.54) is 32.1 Å². The van der Waals surface area contributed by atoms with Gasteiger partial charge in [0, 0.05) is 54.2 Å². The molecule has 4 N–H and O–H groups in total. The summed E-state index contributed by atoms with van der Waals surface area (Å²) in [6, 6.07) is 2.67. The molecule has 1 saturated heterocycles. The van der Waals surface area contributed by atoms with Crippen molar-refractivity contribution in [3.05, 3.63) is 22.3 Å². The standard InChI is InChI=1S/C18H27BrN4O.CH4O/c1-12(20)15-9-13(19)10-21-18(15)23-8-7-16(17(24)11-23)22-14-5-3-2-4-6-14;1-2/h9-10,14,16-17,20,22,24H,2-8,11H2,1H3;2H,1H3/t16-,17-;/m1./s1. The molecular weight excluding hydrogens is 396 g/mol. The Bertz CT molecular complexity index is 593. The van der Waals surface area contributed by atoms with Crippen molar-refractivity contribution in [3.8, 4) is 0 Å². The van der Waals surface area contributed by atoms with E-state index in [0.717, 1.165) is 35.9 Å². The van der Waals surface area contributed by atoms with Crippen molar-refractivity contribution in [1.29, 1.82) is 5.41 Å². The van der Waals surface area contributed by atoms with Gasteiger partial charge in [0.15, 0.2) is 0 Å². The molecule has 1 aromatic rings. The summed E-state index contributed by atoms with van der Waals surface area (Å²) < 4.78 is 0.877. The number of rotatable bonds is 4. The van der Waals surface area contributed by atoms with Gasteiger partial charge < -0.3 is 25.8 Å². The van der Waals surface area contributed by atoms with Crippen LogP contribution in [-0.4, -0.2) is 59.3 Å². The molecule has 0 amide bonds. The van der Waals surface area contributed by atoms with Crippen molar-refractivity contribution in [2.24, 2.45) is 0 Å². The zero-order valence-electron chi connectivity index (χ0n) is 15.7. The third kappa shape index (κ3) is 5.49. The Hall–Kier alpha value is -1.02. The molecule has 0 unspecified atom stereocenters. The van der Waals surface area contributed by atoms with E-state index in [-0.39, 0.29) is 6.04 Å². The van der Waals surface area contributed by atoms with Crippen molar-refractivity contribution in [2.45, 2.75) is 63.6 Å². The second kappa shape index (κ2) is 10.3. The molecule has 6 nitrogen and oxygen atoms in total. The number of β-amino-alcohol motifs (C(OH)–C–C–N with tert-alkyl or cyclic N) is 1. The van der Waals surface area contributed by atoms with E-state index in [9.17, 15) is 5.11 Å². The fraction of sp³-hybridized carbons (Fsp3) is 0.684. The Labute approximate surface area is 164 Å². The van der Waals surface area contributed by atoms with Crippen LogP contribution in [0.3, 0.4) is 0 Å². The zero-order chi connectivity index (χ0) is 19.1. The van der Waals surface area contributed by atoms with Crippen molar-refractivity contribution >= 4 is 27.5 Å². The van der Waals surface area contributed by atoms with Crippen LogP contribution in [-0.2, 0) is 0 Å². The Balaban J connectivity index is 0.00000117. The van der Waals surface area contributed by atoms with Gasteiger partial charge in [-0.05, 0) is 48.2 Å². The summed E-state index contributed by atoms with van der Waals surface area (Å²) in [5, 5.41) is 29.3. The number of anilines is 1. The number of pyridine rings is 1. The van der Waals surface area contributed by atoms with E-state index < -0.39 is 6.10 Å². The minimum absolute atomic E-state index is 0.171. The molecule has 2 aliphatic rings. The third-order valence-corrected chi connectivity index (χ3v) is 5.61. The van der Waals surface area contributed by atoms with Gasteiger partial charge in [-0.25, -0.2) is 4.98 Å². The number of hydrogen-bond donors (Lipinski definition) is 4. The van der Waals surface area contributed by atoms with Crippen molar-refractivity contribution in [1.82, 2.24) is 10.3 Å². The maximum atomic E-state index is 10.6. The van der Waals surface area contributed by atoms with Crippen molar-refractivity contribution in [2.75, 3.05) is 25.1 Å². The van der Waals surface area contributed by atoms with Gasteiger partial charge in [-0.15, -0.1) is 0 Å². The first-order valence-corrected chi connectivity index (χ1v) is 10.2. The SMILES string of the molecule is CC(=N)c1cc(Br)cnc1N1CC[C@@H](NC2CCCCC2)[C@H](O)C1.CO. The number of aliphatic hydroxyl groups is 2. The van der Waals surface area contributed by atoms with Crippen LogP contribution in [0.2, 0.25) is 0 Å². The molecule has 7 heteroatoms. The Morgan fingerprint density at radius 1 is 1.27 bits per heavy atom. The van der Waals surface area contributed by atoms with E-state index in [0.29, 0.717) is 18.3 Å². The lowest BCUT2D eigenvalue weighted by atomic mass is 9.92. The van der Waals surface area contributed by atoms with Crippen LogP contribution in [0, 0.1) is 5.41 Å². The normalized spacial score (nSPS) is 24.0. The molecule has 1 aromatic heterocycles. The minimum Gasteiger partial charge on any atom is -0.400 e. The number of nitrogens with zero attached hydrogens (tertiary/aromatic N) is 2. The smallest absolute Gasteiger partial charge is 0.137 e. The minimum atomic E-state index is -0.398. The van der Waals surface area contributed by atoms with Gasteiger partial charge in [0.2, 0.25) is 0 Å². The third-order valence-electron chi connectivity index (χ3n) is 5.17. The zero-order valence-corrected chi connectivity index (χ0v) is 17.3. The predicted molar refractivity (Wildman–Crippen MR) is 109 cm³/mol. The van der Waals surface area contributed by atoms with Crippen molar-refractivity contribution < 1.29 is 10.2 Å². The number of aliphatic hydroxyl groups excluding tert-OH is 2. The monoisotopic (exact) mass is 426 g/mol. The lowest BCUT2D eigenvalue weighted by Gasteiger charge is -2.40. The molecule has 0 aromatic carbocycles. The topological polar surface area (TPSA) is 92.5 Å². The molecule has 0 radical (unpaired) electrons. The fourth-order valence-electron chi connectivity index (χ4n) is 3.85. The summed E-state index contributed by atoms with van der Waals surface area (Å²) in [5.41, 5.74) is 1.33. The van der Waals surface area contributed by atoms with Gasteiger partial charge in [0.25, 0.3) is 0 Å². The first kappa shape index (κ1) is 21.3. The van der Waals surface area contributed by atoms with E-state index in [2.05, 4.69) is 31.1 Å². The molecule has 26 heavy (non-hydrogen) atoms. The lowest BCUT2D eigenvalue weighted by Crippen LogP contribution is -2.55. The summed E-state index contributed by atoms with van der Waals surface area (Å²) >= 11 is 3.43. The molecule has 1 aliphatic carbocycles. The van der Waals surface area contributed by atoms with Crippen LogP contribution in [0.4, 0.5) is 5.82 Å². The first-order valence-electron chi connectivity index (χ1n) is 9.39. The van der Waals surface area contributed by atoms with Gasteiger partial charge in [-0.2, -0.15) is 0 Å². The molecule has 2 fully saturated rings. The average molecular weight is 427 g/mol. The van der Waals surface area contributed by atoms with E-state index in [4.69, 9.17) is 10.5 Å². The van der Waals surface area contributed by atoms with Crippen LogP contribution < -0.4 is 10.2 Å². The van der Waals surface area contributed by atoms with Gasteiger partial charge in [-0.3, -0.25) is 0 Å². The summed E-state index contributed by atoms with van der Waals surface area (Å²) in [5.74, 6) is 0.806. The van der Waals surface area contributed by atoms with Gasteiger partial charge in [0.1, 0.15) is 5.82 Å². The molecule has 2 atom stereocenters. The van der Waals surface area contributed by atoms with Crippen LogP contribution in [0.5, 0.6) is 0 Å². The summed E-state index contributed by atoms with van der Waals surface area (Å²) in [6.07, 6.45) is 8.70. The number of halogens is 1. The fourth-order valence-corrected chi connectivity index (χ4v) is 4.18. The summed E-state index contributed by atoms with van der Waals surface area (Å²) in [7, 11) is 1.00. The molecule has 1 aliphatic heterocycles. The molecule has 0 spiro atoms. The first-order chi connectivity index (χ1) is 12.5. The number of piperidine rings is 1. The van der Waals surface area contributed by atoms with Crippen LogP contribution >= 0.6 is 15.9 Å².